The molecule has 11 heteroatoms. The monoisotopic (exact) mass is 366 g/mol. The molecule has 25 heavy (non-hydrogen) atoms. The van der Waals surface area contributed by atoms with Crippen LogP contribution in [0.2, 0.25) is 0 Å². The number of amides is 3. The first-order valence-electron chi connectivity index (χ1n) is 7.44. The highest BCUT2D eigenvalue weighted by Gasteiger charge is 2.24. The lowest BCUT2D eigenvalue weighted by molar-refractivity contribution is -0.384. The third-order valence-corrected chi connectivity index (χ3v) is 4.04. The number of urea groups is 1. The van der Waals surface area contributed by atoms with E-state index < -0.39 is 11.0 Å². The van der Waals surface area contributed by atoms with Gasteiger partial charge in [-0.25, -0.2) is 10.2 Å². The number of carbonyl (C=O) groups is 2. The highest BCUT2D eigenvalue weighted by molar-refractivity contribution is 7.78. The zero-order valence-corrected chi connectivity index (χ0v) is 14.3. The summed E-state index contributed by atoms with van der Waals surface area (Å²) in [6, 6.07) is 3.95. The van der Waals surface area contributed by atoms with Gasteiger partial charge >= 0.3 is 6.03 Å². The molecule has 1 aliphatic heterocycles. The average Bonchev–Trinajstić information content (AvgIpc) is 2.54. The topological polar surface area (TPSA) is 143 Å². The fourth-order valence-electron chi connectivity index (χ4n) is 2.40. The predicted octanol–water partition coefficient (Wildman–Crippen LogP) is 1.09. The Balaban J connectivity index is 2.19. The molecule has 3 amide bonds. The molecule has 1 aromatic rings. The van der Waals surface area contributed by atoms with E-state index in [4.69, 9.17) is 5.73 Å². The highest BCUT2D eigenvalue weighted by atomic mass is 32.1. The minimum atomic E-state index is -0.707. The Labute approximate surface area is 149 Å². The lowest BCUT2D eigenvalue weighted by Gasteiger charge is -2.19. The van der Waals surface area contributed by atoms with Crippen molar-refractivity contribution < 1.29 is 14.5 Å². The molecule has 1 atom stereocenters. The van der Waals surface area contributed by atoms with Gasteiger partial charge in [0.2, 0.25) is 5.91 Å². The van der Waals surface area contributed by atoms with Crippen LogP contribution in [-0.4, -0.2) is 40.0 Å². The van der Waals surface area contributed by atoms with Crippen molar-refractivity contribution in [2.75, 3.05) is 18.4 Å². The van der Waals surface area contributed by atoms with Crippen LogP contribution in [-0.2, 0) is 4.79 Å². The number of hydrogen-bond acceptors (Lipinski definition) is 7. The SMILES string of the molecule is CC1CC(=O)NN=C1c1ccc(NCCN(S)C(N)=O)c([N+](=O)[O-])c1. The normalized spacial score (nSPS) is 16.6. The summed E-state index contributed by atoms with van der Waals surface area (Å²) in [6.45, 7) is 2.24. The van der Waals surface area contributed by atoms with Crippen LogP contribution >= 0.6 is 12.8 Å². The van der Waals surface area contributed by atoms with Gasteiger partial charge in [-0.2, -0.15) is 5.10 Å². The Morgan fingerprint density at radius 2 is 2.32 bits per heavy atom. The van der Waals surface area contributed by atoms with Crippen LogP contribution in [0.25, 0.3) is 0 Å². The van der Waals surface area contributed by atoms with Gasteiger partial charge in [-0.05, 0) is 6.07 Å². The number of nitro benzene ring substituents is 1. The van der Waals surface area contributed by atoms with Gasteiger partial charge in [0.15, 0.2) is 0 Å². The van der Waals surface area contributed by atoms with Gasteiger partial charge < -0.3 is 11.1 Å². The second-order valence-corrected chi connectivity index (χ2v) is 6.00. The molecule has 0 radical (unpaired) electrons. The molecule has 10 nitrogen and oxygen atoms in total. The Morgan fingerprint density at radius 1 is 1.60 bits per heavy atom. The second kappa shape index (κ2) is 7.83. The number of thiol groups is 1. The maximum absolute atomic E-state index is 11.4. The first-order valence-corrected chi connectivity index (χ1v) is 7.84. The zero-order chi connectivity index (χ0) is 18.6. The summed E-state index contributed by atoms with van der Waals surface area (Å²) in [4.78, 5) is 33.0. The molecule has 2 rings (SSSR count). The molecule has 1 heterocycles. The number of nitro groups is 1. The maximum Gasteiger partial charge on any atom is 0.324 e. The van der Waals surface area contributed by atoms with Crippen molar-refractivity contribution in [2.45, 2.75) is 13.3 Å². The number of hydrazone groups is 1. The first-order chi connectivity index (χ1) is 11.8. The van der Waals surface area contributed by atoms with Crippen molar-refractivity contribution in [1.82, 2.24) is 9.73 Å². The summed E-state index contributed by atoms with van der Waals surface area (Å²) >= 11 is 3.88. The highest BCUT2D eigenvalue weighted by Crippen LogP contribution is 2.28. The number of nitrogens with zero attached hydrogens (tertiary/aromatic N) is 3. The predicted molar refractivity (Wildman–Crippen MR) is 95.3 cm³/mol. The van der Waals surface area contributed by atoms with Crippen molar-refractivity contribution in [2.24, 2.45) is 16.8 Å². The number of anilines is 1. The van der Waals surface area contributed by atoms with Crippen molar-refractivity contribution >= 4 is 41.8 Å². The Kier molecular flexibility index (Phi) is 5.80. The van der Waals surface area contributed by atoms with Gasteiger partial charge in [0.25, 0.3) is 5.69 Å². The molecule has 0 spiro atoms. The lowest BCUT2D eigenvalue weighted by Crippen LogP contribution is -2.32. The van der Waals surface area contributed by atoms with Gasteiger partial charge in [-0.1, -0.05) is 25.8 Å². The number of benzene rings is 1. The Bertz CT molecular complexity index is 738. The van der Waals surface area contributed by atoms with E-state index in [1.54, 1.807) is 12.1 Å². The number of primary amides is 1. The van der Waals surface area contributed by atoms with Crippen molar-refractivity contribution in [1.29, 1.82) is 0 Å². The quantitative estimate of drug-likeness (QED) is 0.338. The summed E-state index contributed by atoms with van der Waals surface area (Å²) in [5.41, 5.74) is 8.76. The first kappa shape index (κ1) is 18.5. The Hall–Kier alpha value is -2.82. The summed E-state index contributed by atoms with van der Waals surface area (Å²) in [5, 5.41) is 18.2. The van der Waals surface area contributed by atoms with Crippen LogP contribution in [0.15, 0.2) is 23.3 Å². The van der Waals surface area contributed by atoms with E-state index in [0.29, 0.717) is 17.0 Å². The van der Waals surface area contributed by atoms with E-state index in [-0.39, 0.29) is 37.0 Å². The molecule has 1 aliphatic rings. The number of nitrogens with one attached hydrogen (secondary N) is 2. The smallest absolute Gasteiger partial charge is 0.324 e. The van der Waals surface area contributed by atoms with E-state index >= 15 is 0 Å². The summed E-state index contributed by atoms with van der Waals surface area (Å²) in [6.07, 6.45) is 0.275. The zero-order valence-electron chi connectivity index (χ0n) is 13.4. The van der Waals surface area contributed by atoms with Crippen LogP contribution in [0.3, 0.4) is 0 Å². The van der Waals surface area contributed by atoms with Crippen LogP contribution in [0.4, 0.5) is 16.2 Å². The van der Waals surface area contributed by atoms with Crippen molar-refractivity contribution in [3.8, 4) is 0 Å². The largest absolute Gasteiger partial charge is 0.378 e. The number of nitrogens with two attached hydrogens (primary N) is 1. The maximum atomic E-state index is 11.4. The molecule has 4 N–H and O–H groups in total. The molecule has 0 fully saturated rings. The van der Waals surface area contributed by atoms with Crippen LogP contribution < -0.4 is 16.5 Å². The molecular weight excluding hydrogens is 348 g/mol. The van der Waals surface area contributed by atoms with E-state index in [0.717, 1.165) is 4.31 Å². The van der Waals surface area contributed by atoms with Gasteiger partial charge in [0, 0.05) is 30.5 Å². The fraction of sp³-hybridized carbons (Fsp3) is 0.357. The number of rotatable bonds is 6. The molecule has 0 aromatic heterocycles. The molecule has 0 aliphatic carbocycles. The van der Waals surface area contributed by atoms with Crippen molar-refractivity contribution in [3.63, 3.8) is 0 Å². The molecule has 1 unspecified atom stereocenters. The number of hydrogen-bond donors (Lipinski definition) is 4. The fourth-order valence-corrected chi connectivity index (χ4v) is 2.50. The van der Waals surface area contributed by atoms with Gasteiger partial charge in [-0.15, -0.1) is 0 Å². The second-order valence-electron chi connectivity index (χ2n) is 5.51. The van der Waals surface area contributed by atoms with E-state index in [1.807, 2.05) is 6.92 Å². The van der Waals surface area contributed by atoms with Crippen LogP contribution in [0, 0.1) is 16.0 Å². The molecule has 0 saturated carbocycles. The summed E-state index contributed by atoms with van der Waals surface area (Å²) < 4.78 is 0.994. The molecule has 0 saturated heterocycles. The van der Waals surface area contributed by atoms with E-state index in [9.17, 15) is 19.7 Å². The molecule has 1 aromatic carbocycles. The summed E-state index contributed by atoms with van der Waals surface area (Å²) in [7, 11) is 0. The minimum absolute atomic E-state index is 0.130. The van der Waals surface area contributed by atoms with Gasteiger partial charge in [0.1, 0.15) is 5.69 Å². The molecular formula is C14H18N6O4S. The van der Waals surface area contributed by atoms with Crippen LogP contribution in [0.5, 0.6) is 0 Å². The minimum Gasteiger partial charge on any atom is -0.378 e. The third kappa shape index (κ3) is 4.59. The molecule has 0 bridgehead atoms. The van der Waals surface area contributed by atoms with Gasteiger partial charge in [0.05, 0.1) is 17.2 Å². The Morgan fingerprint density at radius 3 is 2.92 bits per heavy atom. The average molecular weight is 366 g/mol. The van der Waals surface area contributed by atoms with E-state index in [2.05, 4.69) is 28.7 Å². The third-order valence-electron chi connectivity index (χ3n) is 3.64. The van der Waals surface area contributed by atoms with Crippen LogP contribution in [0.1, 0.15) is 18.9 Å². The van der Waals surface area contributed by atoms with Crippen molar-refractivity contribution in [3.05, 3.63) is 33.9 Å². The standard InChI is InChI=1S/C14H18N6O4S/c1-8-6-12(21)17-18-13(8)9-2-3-10(11(7-9)20(23)24)16-4-5-19(25)14(15)22/h2-3,7-8,16,25H,4-6H2,1H3,(H2,15,22)(H,17,21). The summed E-state index contributed by atoms with van der Waals surface area (Å²) in [5.74, 6) is -0.324. The van der Waals surface area contributed by atoms with Gasteiger partial charge in [-0.3, -0.25) is 19.2 Å². The van der Waals surface area contributed by atoms with E-state index in [1.165, 1.54) is 6.07 Å². The lowest BCUT2D eigenvalue weighted by atomic mass is 9.93. The number of carbonyl (C=O) groups excluding carboxylic acids is 2. The molecule has 134 valence electrons.